The highest BCUT2D eigenvalue weighted by atomic mass is 16.5. The molecule has 0 saturated heterocycles. The van der Waals surface area contributed by atoms with Gasteiger partial charge in [0.15, 0.2) is 0 Å². The molecule has 0 spiro atoms. The number of methoxy groups -OCH3 is 1. The summed E-state index contributed by atoms with van der Waals surface area (Å²) in [5.41, 5.74) is 1.28. The molecule has 0 N–H and O–H groups in total. The van der Waals surface area contributed by atoms with Gasteiger partial charge in [0.1, 0.15) is 0 Å². The highest BCUT2D eigenvalue weighted by molar-refractivity contribution is 5.10. The minimum atomic E-state index is 0.0731. The SMILES string of the molecule is CCn1cc(CCN(C)CCOC)ccc1=O. The standard InChI is InChI=1S/C13H22N2O2/c1-4-15-11-12(5-6-13(15)16)7-8-14(2)9-10-17-3/h5-6,11H,4,7-10H2,1-3H3. The van der Waals surface area contributed by atoms with Crippen LogP contribution >= 0.6 is 0 Å². The van der Waals surface area contributed by atoms with Crippen LogP contribution in [0.5, 0.6) is 0 Å². The summed E-state index contributed by atoms with van der Waals surface area (Å²) >= 11 is 0. The first-order chi connectivity index (χ1) is 8.17. The molecular weight excluding hydrogens is 216 g/mol. The molecule has 0 amide bonds. The predicted octanol–water partition coefficient (Wildman–Crippen LogP) is 0.989. The Labute approximate surface area is 103 Å². The second kappa shape index (κ2) is 7.25. The van der Waals surface area contributed by atoms with E-state index in [1.807, 2.05) is 19.2 Å². The zero-order chi connectivity index (χ0) is 12.7. The number of hydrogen-bond acceptors (Lipinski definition) is 3. The van der Waals surface area contributed by atoms with Crippen molar-refractivity contribution in [3.05, 3.63) is 34.2 Å². The van der Waals surface area contributed by atoms with Gasteiger partial charge in [0.2, 0.25) is 0 Å². The lowest BCUT2D eigenvalue weighted by atomic mass is 10.2. The molecular formula is C13H22N2O2. The smallest absolute Gasteiger partial charge is 0.250 e. The van der Waals surface area contributed by atoms with E-state index in [1.54, 1.807) is 17.7 Å². The van der Waals surface area contributed by atoms with E-state index in [-0.39, 0.29) is 5.56 Å². The van der Waals surface area contributed by atoms with Crippen LogP contribution in [0.3, 0.4) is 0 Å². The van der Waals surface area contributed by atoms with E-state index < -0.39 is 0 Å². The third-order valence-corrected chi connectivity index (χ3v) is 2.84. The van der Waals surface area contributed by atoms with Gasteiger partial charge in [-0.05, 0) is 26.0 Å². The fraction of sp³-hybridized carbons (Fsp3) is 0.615. The van der Waals surface area contributed by atoms with Crippen LogP contribution in [0.25, 0.3) is 0 Å². The third kappa shape index (κ3) is 4.71. The Hall–Kier alpha value is -1.13. The van der Waals surface area contributed by atoms with Gasteiger partial charge in [-0.25, -0.2) is 0 Å². The Morgan fingerprint density at radius 1 is 1.35 bits per heavy atom. The number of aromatic nitrogens is 1. The number of rotatable bonds is 7. The number of likely N-dealkylation sites (N-methyl/N-ethyl adjacent to an activating group) is 1. The number of hydrogen-bond donors (Lipinski definition) is 0. The van der Waals surface area contributed by atoms with Gasteiger partial charge < -0.3 is 14.2 Å². The van der Waals surface area contributed by atoms with Crippen molar-refractivity contribution < 1.29 is 4.74 Å². The van der Waals surface area contributed by atoms with Gasteiger partial charge in [0, 0.05) is 39.0 Å². The molecule has 17 heavy (non-hydrogen) atoms. The van der Waals surface area contributed by atoms with Crippen molar-refractivity contribution >= 4 is 0 Å². The molecule has 1 rings (SSSR count). The average Bonchev–Trinajstić information content (AvgIpc) is 2.35. The van der Waals surface area contributed by atoms with E-state index in [0.717, 1.165) is 32.7 Å². The van der Waals surface area contributed by atoms with Gasteiger partial charge in [-0.15, -0.1) is 0 Å². The van der Waals surface area contributed by atoms with E-state index in [9.17, 15) is 4.79 Å². The van der Waals surface area contributed by atoms with Crippen molar-refractivity contribution in [1.29, 1.82) is 0 Å². The van der Waals surface area contributed by atoms with Crippen LogP contribution in [-0.4, -0.2) is 43.3 Å². The molecule has 0 unspecified atom stereocenters. The summed E-state index contributed by atoms with van der Waals surface area (Å²) < 4.78 is 6.77. The first-order valence-electron chi connectivity index (χ1n) is 6.04. The molecule has 0 fully saturated rings. The normalized spacial score (nSPS) is 11.1. The lowest BCUT2D eigenvalue weighted by Gasteiger charge is -2.16. The molecule has 1 aromatic heterocycles. The second-order valence-electron chi connectivity index (χ2n) is 4.21. The molecule has 0 radical (unpaired) electrons. The first-order valence-corrected chi connectivity index (χ1v) is 6.04. The maximum Gasteiger partial charge on any atom is 0.250 e. The quantitative estimate of drug-likeness (QED) is 0.710. The monoisotopic (exact) mass is 238 g/mol. The fourth-order valence-corrected chi connectivity index (χ4v) is 1.65. The predicted molar refractivity (Wildman–Crippen MR) is 69.5 cm³/mol. The van der Waals surface area contributed by atoms with Crippen LogP contribution in [0.15, 0.2) is 23.1 Å². The summed E-state index contributed by atoms with van der Waals surface area (Å²) in [5, 5.41) is 0. The zero-order valence-electron chi connectivity index (χ0n) is 11.0. The first kappa shape index (κ1) is 13.9. The van der Waals surface area contributed by atoms with Crippen LogP contribution in [0, 0.1) is 0 Å². The van der Waals surface area contributed by atoms with E-state index in [0.29, 0.717) is 0 Å². The van der Waals surface area contributed by atoms with Gasteiger partial charge >= 0.3 is 0 Å². The largest absolute Gasteiger partial charge is 0.383 e. The van der Waals surface area contributed by atoms with Crippen LogP contribution in [0.1, 0.15) is 12.5 Å². The molecule has 0 saturated carbocycles. The number of ether oxygens (including phenoxy) is 1. The van der Waals surface area contributed by atoms with E-state index >= 15 is 0 Å². The lowest BCUT2D eigenvalue weighted by Crippen LogP contribution is -2.26. The Bertz CT molecular complexity index is 387. The summed E-state index contributed by atoms with van der Waals surface area (Å²) in [7, 11) is 3.79. The van der Waals surface area contributed by atoms with Crippen molar-refractivity contribution in [2.24, 2.45) is 0 Å². The molecule has 96 valence electrons. The second-order valence-corrected chi connectivity index (χ2v) is 4.21. The summed E-state index contributed by atoms with van der Waals surface area (Å²) in [6.45, 7) is 5.38. The highest BCUT2D eigenvalue weighted by Gasteiger charge is 2.01. The van der Waals surface area contributed by atoms with Gasteiger partial charge in [0.05, 0.1) is 6.61 Å². The van der Waals surface area contributed by atoms with Crippen molar-refractivity contribution in [1.82, 2.24) is 9.47 Å². The van der Waals surface area contributed by atoms with Gasteiger partial charge in [-0.2, -0.15) is 0 Å². The molecule has 0 bridgehead atoms. The highest BCUT2D eigenvalue weighted by Crippen LogP contribution is 1.99. The van der Waals surface area contributed by atoms with Crippen molar-refractivity contribution in [3.8, 4) is 0 Å². The zero-order valence-corrected chi connectivity index (χ0v) is 11.0. The molecule has 0 aliphatic rings. The molecule has 0 aromatic carbocycles. The number of aryl methyl sites for hydroxylation is 1. The number of pyridine rings is 1. The van der Waals surface area contributed by atoms with Crippen LogP contribution < -0.4 is 5.56 Å². The van der Waals surface area contributed by atoms with Crippen LogP contribution in [-0.2, 0) is 17.7 Å². The molecule has 4 nitrogen and oxygen atoms in total. The maximum atomic E-state index is 11.4. The minimum Gasteiger partial charge on any atom is -0.383 e. The van der Waals surface area contributed by atoms with E-state index in [1.165, 1.54) is 5.56 Å². The average molecular weight is 238 g/mol. The molecule has 1 aromatic rings. The third-order valence-electron chi connectivity index (χ3n) is 2.84. The molecule has 4 heteroatoms. The maximum absolute atomic E-state index is 11.4. The van der Waals surface area contributed by atoms with Crippen molar-refractivity contribution in [3.63, 3.8) is 0 Å². The van der Waals surface area contributed by atoms with Crippen LogP contribution in [0.4, 0.5) is 0 Å². The Balaban J connectivity index is 2.49. The summed E-state index contributed by atoms with van der Waals surface area (Å²) in [4.78, 5) is 13.6. The van der Waals surface area contributed by atoms with Crippen molar-refractivity contribution in [2.45, 2.75) is 19.9 Å². The van der Waals surface area contributed by atoms with E-state index in [2.05, 4.69) is 11.9 Å². The minimum absolute atomic E-state index is 0.0731. The molecule has 0 atom stereocenters. The number of nitrogens with zero attached hydrogens (tertiary/aromatic N) is 2. The van der Waals surface area contributed by atoms with Gasteiger partial charge in [0.25, 0.3) is 5.56 Å². The Morgan fingerprint density at radius 3 is 2.76 bits per heavy atom. The molecule has 0 aliphatic carbocycles. The fourth-order valence-electron chi connectivity index (χ4n) is 1.65. The lowest BCUT2D eigenvalue weighted by molar-refractivity contribution is 0.162. The topological polar surface area (TPSA) is 34.5 Å². The Morgan fingerprint density at radius 2 is 2.12 bits per heavy atom. The summed E-state index contributed by atoms with van der Waals surface area (Å²) in [6.07, 6.45) is 2.91. The van der Waals surface area contributed by atoms with Crippen molar-refractivity contribution in [2.75, 3.05) is 33.9 Å². The molecule has 1 heterocycles. The summed E-state index contributed by atoms with van der Waals surface area (Å²) in [5.74, 6) is 0. The van der Waals surface area contributed by atoms with Gasteiger partial charge in [-0.1, -0.05) is 6.07 Å². The van der Waals surface area contributed by atoms with Crippen LogP contribution in [0.2, 0.25) is 0 Å². The van der Waals surface area contributed by atoms with Gasteiger partial charge in [-0.3, -0.25) is 4.79 Å². The Kier molecular flexibility index (Phi) is 5.94. The molecule has 0 aliphatic heterocycles. The summed E-state index contributed by atoms with van der Waals surface area (Å²) in [6, 6.07) is 3.56. The van der Waals surface area contributed by atoms with E-state index in [4.69, 9.17) is 4.74 Å².